The molecular formula is C17H31NO4. The normalized spacial score (nSPS) is 30.8. The molecule has 0 heterocycles. The van der Waals surface area contributed by atoms with Crippen LogP contribution in [0.15, 0.2) is 12.2 Å². The molecule has 5 heteroatoms. The minimum Gasteiger partial charge on any atom is -0.387 e. The van der Waals surface area contributed by atoms with Crippen molar-refractivity contribution in [3.05, 3.63) is 12.2 Å². The number of nitrogens with one attached hydrogen (secondary N) is 1. The van der Waals surface area contributed by atoms with Gasteiger partial charge in [-0.2, -0.15) is 0 Å². The van der Waals surface area contributed by atoms with Crippen molar-refractivity contribution in [2.45, 2.75) is 76.2 Å². The number of ether oxygens (including phenoxy) is 1. The Bertz CT molecular complexity index is 390. The highest BCUT2D eigenvalue weighted by molar-refractivity contribution is 5.47. The SMILES string of the molecule is COC(C=CC(C)(O)C1CCC(C)(NC=O)CC1)C(C)(C)O. The first-order chi connectivity index (χ1) is 10.0. The monoisotopic (exact) mass is 313 g/mol. The molecule has 0 aromatic heterocycles. The fourth-order valence-electron chi connectivity index (χ4n) is 3.15. The van der Waals surface area contributed by atoms with Gasteiger partial charge in [-0.25, -0.2) is 0 Å². The van der Waals surface area contributed by atoms with Gasteiger partial charge in [0.15, 0.2) is 0 Å². The summed E-state index contributed by atoms with van der Waals surface area (Å²) in [6.07, 6.45) is 7.13. The predicted molar refractivity (Wildman–Crippen MR) is 86.4 cm³/mol. The second kappa shape index (κ2) is 7.11. The zero-order chi connectivity index (χ0) is 17.0. The molecule has 0 bridgehead atoms. The summed E-state index contributed by atoms with van der Waals surface area (Å²) >= 11 is 0. The van der Waals surface area contributed by atoms with E-state index in [-0.39, 0.29) is 11.5 Å². The van der Waals surface area contributed by atoms with Crippen LogP contribution < -0.4 is 5.32 Å². The highest BCUT2D eigenvalue weighted by atomic mass is 16.5. The van der Waals surface area contributed by atoms with Crippen molar-refractivity contribution < 1.29 is 19.7 Å². The van der Waals surface area contributed by atoms with Crippen molar-refractivity contribution in [3.63, 3.8) is 0 Å². The Hall–Kier alpha value is -0.910. The summed E-state index contributed by atoms with van der Waals surface area (Å²) in [4.78, 5) is 10.7. The fraction of sp³-hybridized carbons (Fsp3) is 0.824. The molecule has 0 aromatic rings. The van der Waals surface area contributed by atoms with Crippen molar-refractivity contribution in [1.29, 1.82) is 0 Å². The first kappa shape index (κ1) is 19.1. The van der Waals surface area contributed by atoms with Crippen LogP contribution in [0.4, 0.5) is 0 Å². The van der Waals surface area contributed by atoms with Gasteiger partial charge in [0, 0.05) is 12.6 Å². The number of methoxy groups -OCH3 is 1. The third-order valence-corrected chi connectivity index (χ3v) is 4.88. The van der Waals surface area contributed by atoms with Crippen LogP contribution in [-0.2, 0) is 9.53 Å². The van der Waals surface area contributed by atoms with E-state index in [1.807, 2.05) is 6.92 Å². The Morgan fingerprint density at radius 2 is 1.82 bits per heavy atom. The van der Waals surface area contributed by atoms with Gasteiger partial charge in [-0.05, 0) is 59.3 Å². The van der Waals surface area contributed by atoms with Crippen LogP contribution in [-0.4, -0.2) is 46.6 Å². The molecule has 2 unspecified atom stereocenters. The van der Waals surface area contributed by atoms with Gasteiger partial charge in [-0.15, -0.1) is 0 Å². The average Bonchev–Trinajstić information content (AvgIpc) is 2.38. The van der Waals surface area contributed by atoms with Gasteiger partial charge in [-0.1, -0.05) is 12.2 Å². The first-order valence-corrected chi connectivity index (χ1v) is 7.92. The number of amides is 1. The molecule has 1 amide bonds. The van der Waals surface area contributed by atoms with Crippen molar-refractivity contribution >= 4 is 6.41 Å². The molecule has 128 valence electrons. The minimum atomic E-state index is -1.000. The summed E-state index contributed by atoms with van der Waals surface area (Å²) in [5.41, 5.74) is -2.12. The number of hydrogen-bond acceptors (Lipinski definition) is 4. The predicted octanol–water partition coefficient (Wildman–Crippen LogP) is 1.77. The molecular weight excluding hydrogens is 282 g/mol. The number of carbonyl (C=O) groups excluding carboxylic acids is 1. The van der Waals surface area contributed by atoms with E-state index in [0.717, 1.165) is 32.1 Å². The lowest BCUT2D eigenvalue weighted by molar-refractivity contribution is -0.111. The summed E-state index contributed by atoms with van der Waals surface area (Å²) in [7, 11) is 1.54. The molecule has 0 radical (unpaired) electrons. The van der Waals surface area contributed by atoms with Crippen molar-refractivity contribution in [2.75, 3.05) is 7.11 Å². The molecule has 0 aliphatic heterocycles. The molecule has 0 spiro atoms. The van der Waals surface area contributed by atoms with Gasteiger partial charge >= 0.3 is 0 Å². The molecule has 22 heavy (non-hydrogen) atoms. The third-order valence-electron chi connectivity index (χ3n) is 4.88. The molecule has 3 N–H and O–H groups in total. The molecule has 0 aromatic carbocycles. The quantitative estimate of drug-likeness (QED) is 0.494. The smallest absolute Gasteiger partial charge is 0.207 e. The Morgan fingerprint density at radius 1 is 1.27 bits per heavy atom. The van der Waals surface area contributed by atoms with Crippen LogP contribution in [0.2, 0.25) is 0 Å². The molecule has 1 saturated carbocycles. The van der Waals surface area contributed by atoms with Gasteiger partial charge in [0.1, 0.15) is 6.10 Å². The highest BCUT2D eigenvalue weighted by Crippen LogP contribution is 2.38. The van der Waals surface area contributed by atoms with E-state index in [2.05, 4.69) is 5.32 Å². The molecule has 1 fully saturated rings. The summed E-state index contributed by atoms with van der Waals surface area (Å²) in [6.45, 7) is 7.19. The summed E-state index contributed by atoms with van der Waals surface area (Å²) in [6, 6.07) is 0. The standard InChI is InChI=1S/C17H31NO4/c1-15(2,20)14(22-5)8-11-17(4,21)13-6-9-16(3,10-7-13)18-12-19/h8,11-14,20-21H,6-7,9-10H2,1-5H3,(H,18,19). The zero-order valence-electron chi connectivity index (χ0n) is 14.4. The van der Waals surface area contributed by atoms with E-state index >= 15 is 0 Å². The highest BCUT2D eigenvalue weighted by Gasteiger charge is 2.38. The van der Waals surface area contributed by atoms with Gasteiger partial charge in [0.2, 0.25) is 6.41 Å². The minimum absolute atomic E-state index is 0.129. The van der Waals surface area contributed by atoms with Crippen LogP contribution in [0, 0.1) is 5.92 Å². The second-order valence-electron chi connectivity index (χ2n) is 7.49. The largest absolute Gasteiger partial charge is 0.387 e. The lowest BCUT2D eigenvalue weighted by Crippen LogP contribution is -2.47. The first-order valence-electron chi connectivity index (χ1n) is 7.92. The fourth-order valence-corrected chi connectivity index (χ4v) is 3.15. The van der Waals surface area contributed by atoms with Crippen molar-refractivity contribution in [2.24, 2.45) is 5.92 Å². The molecule has 5 nitrogen and oxygen atoms in total. The Kier molecular flexibility index (Phi) is 6.18. The van der Waals surface area contributed by atoms with Gasteiger partial charge in [0.05, 0.1) is 11.2 Å². The van der Waals surface area contributed by atoms with E-state index in [0.29, 0.717) is 0 Å². The average molecular weight is 313 g/mol. The van der Waals surface area contributed by atoms with E-state index in [4.69, 9.17) is 4.74 Å². The number of rotatable bonds is 7. The number of carbonyl (C=O) groups is 1. The lowest BCUT2D eigenvalue weighted by Gasteiger charge is -2.41. The molecule has 1 rings (SSSR count). The molecule has 1 aliphatic carbocycles. The van der Waals surface area contributed by atoms with Crippen LogP contribution in [0.5, 0.6) is 0 Å². The zero-order valence-corrected chi connectivity index (χ0v) is 14.4. The van der Waals surface area contributed by atoms with E-state index in [1.54, 1.807) is 40.0 Å². The van der Waals surface area contributed by atoms with Gasteiger partial charge in [0.25, 0.3) is 0 Å². The lowest BCUT2D eigenvalue weighted by atomic mass is 9.71. The maximum Gasteiger partial charge on any atom is 0.207 e. The summed E-state index contributed by atoms with van der Waals surface area (Å²) < 4.78 is 5.27. The van der Waals surface area contributed by atoms with Gasteiger partial charge < -0.3 is 20.3 Å². The van der Waals surface area contributed by atoms with E-state index in [9.17, 15) is 15.0 Å². The molecule has 2 atom stereocenters. The Morgan fingerprint density at radius 3 is 2.23 bits per heavy atom. The Balaban J connectivity index is 2.70. The van der Waals surface area contributed by atoms with Crippen molar-refractivity contribution in [3.8, 4) is 0 Å². The van der Waals surface area contributed by atoms with Crippen LogP contribution in [0.25, 0.3) is 0 Å². The Labute approximate surface area is 133 Å². The third kappa shape index (κ3) is 5.07. The van der Waals surface area contributed by atoms with Crippen LogP contribution in [0.1, 0.15) is 53.4 Å². The van der Waals surface area contributed by atoms with Crippen molar-refractivity contribution in [1.82, 2.24) is 5.32 Å². The number of aliphatic hydroxyl groups is 2. The summed E-state index contributed by atoms with van der Waals surface area (Å²) in [5.74, 6) is 0.129. The van der Waals surface area contributed by atoms with E-state index < -0.39 is 17.3 Å². The maximum atomic E-state index is 10.7. The topological polar surface area (TPSA) is 78.8 Å². The van der Waals surface area contributed by atoms with Gasteiger partial charge in [-0.3, -0.25) is 4.79 Å². The van der Waals surface area contributed by atoms with Crippen LogP contribution in [0.3, 0.4) is 0 Å². The summed E-state index contributed by atoms with van der Waals surface area (Å²) in [5, 5.41) is 23.6. The van der Waals surface area contributed by atoms with E-state index in [1.165, 1.54) is 0 Å². The second-order valence-corrected chi connectivity index (χ2v) is 7.49. The number of hydrogen-bond donors (Lipinski definition) is 3. The molecule has 1 aliphatic rings. The maximum absolute atomic E-state index is 10.7. The molecule has 0 saturated heterocycles. The van der Waals surface area contributed by atoms with Crippen LogP contribution >= 0.6 is 0 Å².